The van der Waals surface area contributed by atoms with Crippen molar-refractivity contribution in [2.75, 3.05) is 0 Å². The number of isocyanates is 2. The minimum atomic E-state index is 0.750. The predicted molar refractivity (Wildman–Crippen MR) is 53.0 cm³/mol. The van der Waals surface area contributed by atoms with Crippen molar-refractivity contribution in [2.45, 2.75) is 6.92 Å². The zero-order chi connectivity index (χ0) is 11.4. The van der Waals surface area contributed by atoms with E-state index in [1.54, 1.807) is 0 Å². The second kappa shape index (κ2) is 11.3. The van der Waals surface area contributed by atoms with E-state index in [9.17, 15) is 0 Å². The van der Waals surface area contributed by atoms with E-state index in [1.807, 2.05) is 31.2 Å². The van der Waals surface area contributed by atoms with Crippen LogP contribution in [0.15, 0.2) is 24.3 Å². The number of halogens is 1. The molecular weight excluding hydrogens is 204 g/mol. The Morgan fingerprint density at radius 2 is 1.64 bits per heavy atom. The fourth-order valence-corrected chi connectivity index (χ4v) is 0.850. The third-order valence-electron chi connectivity index (χ3n) is 0.980. The van der Waals surface area contributed by atoms with Crippen LogP contribution in [0, 0.1) is 17.7 Å². The van der Waals surface area contributed by atoms with Crippen LogP contribution in [0.5, 0.6) is 0 Å². The Morgan fingerprint density at radius 3 is 1.86 bits per heavy atom. The molecule has 0 amide bonds. The van der Waals surface area contributed by atoms with Crippen molar-refractivity contribution >= 4 is 23.8 Å². The molecule has 0 fully saturated rings. The third-order valence-corrected chi connectivity index (χ3v) is 1.22. The van der Waals surface area contributed by atoms with Crippen LogP contribution < -0.4 is 0 Å². The summed E-state index contributed by atoms with van der Waals surface area (Å²) in [5.41, 5.74) is 1.21. The summed E-state index contributed by atoms with van der Waals surface area (Å²) in [6.45, 7) is 2.02. The highest BCUT2D eigenvalue weighted by molar-refractivity contribution is 6.30. The molecule has 0 aromatic heterocycles. The van der Waals surface area contributed by atoms with Crippen LogP contribution in [-0.2, 0) is 9.59 Å². The molecule has 1 aromatic rings. The first kappa shape index (κ1) is 14.8. The van der Waals surface area contributed by atoms with Gasteiger partial charge in [-0.3, -0.25) is 0 Å². The zero-order valence-electron chi connectivity index (χ0n) is 7.50. The maximum Gasteiger partial charge on any atom is 0.231 e. The first-order valence-corrected chi connectivity index (χ1v) is 3.80. The summed E-state index contributed by atoms with van der Waals surface area (Å²) in [6.07, 6.45) is 1.50. The van der Waals surface area contributed by atoms with E-state index in [-0.39, 0.29) is 0 Å². The molecule has 2 N–H and O–H groups in total. The minimum absolute atomic E-state index is 0.750. The average Bonchev–Trinajstić information content (AvgIpc) is 2.06. The standard InChI is InChI=1S/C7H7Cl.2CHNO/c1-6-3-2-4-7(8)5-6;2*2-1-3/h2-5H,1H3;2*2H. The predicted octanol–water partition coefficient (Wildman–Crippen LogP) is 2.45. The SMILES string of the molecule is Cc1cccc(Cl)c1.N=C=O.N=C=O. The highest BCUT2D eigenvalue weighted by Gasteiger charge is 1.82. The molecule has 0 radical (unpaired) electrons. The van der Waals surface area contributed by atoms with Crippen LogP contribution in [0.3, 0.4) is 0 Å². The van der Waals surface area contributed by atoms with Gasteiger partial charge in [0.1, 0.15) is 0 Å². The van der Waals surface area contributed by atoms with E-state index in [2.05, 4.69) is 0 Å². The van der Waals surface area contributed by atoms with Crippen LogP contribution >= 0.6 is 11.6 Å². The van der Waals surface area contributed by atoms with Gasteiger partial charge in [-0.2, -0.15) is 0 Å². The molecule has 0 bridgehead atoms. The molecule has 0 atom stereocenters. The second-order valence-corrected chi connectivity index (χ2v) is 2.44. The van der Waals surface area contributed by atoms with Gasteiger partial charge in [0.25, 0.3) is 0 Å². The fourth-order valence-electron chi connectivity index (χ4n) is 0.606. The number of benzene rings is 1. The van der Waals surface area contributed by atoms with Gasteiger partial charge < -0.3 is 0 Å². The van der Waals surface area contributed by atoms with Crippen molar-refractivity contribution in [1.82, 2.24) is 0 Å². The number of aryl methyl sites for hydroxylation is 1. The molecule has 0 aliphatic carbocycles. The summed E-state index contributed by atoms with van der Waals surface area (Å²) in [5, 5.41) is 11.6. The summed E-state index contributed by atoms with van der Waals surface area (Å²) in [5.74, 6) is 0. The van der Waals surface area contributed by atoms with Crippen molar-refractivity contribution in [3.8, 4) is 0 Å². The number of carbonyl (C=O) groups excluding carboxylic acids is 2. The molecule has 0 aliphatic rings. The smallest absolute Gasteiger partial charge is 0.222 e. The van der Waals surface area contributed by atoms with Gasteiger partial charge in [0.15, 0.2) is 0 Å². The van der Waals surface area contributed by atoms with Crippen molar-refractivity contribution in [2.24, 2.45) is 0 Å². The molecule has 0 spiro atoms. The summed E-state index contributed by atoms with van der Waals surface area (Å²) < 4.78 is 0. The Bertz CT molecular complexity index is 298. The zero-order valence-corrected chi connectivity index (χ0v) is 8.26. The van der Waals surface area contributed by atoms with Gasteiger partial charge in [-0.15, -0.1) is 0 Å². The fraction of sp³-hybridized carbons (Fsp3) is 0.111. The molecule has 0 unspecified atom stereocenters. The van der Waals surface area contributed by atoms with Crippen molar-refractivity contribution in [3.63, 3.8) is 0 Å². The minimum Gasteiger partial charge on any atom is -0.222 e. The van der Waals surface area contributed by atoms with Crippen LogP contribution in [0.1, 0.15) is 5.56 Å². The molecule has 0 saturated heterocycles. The molecular formula is C9H9ClN2O2. The molecule has 14 heavy (non-hydrogen) atoms. The lowest BCUT2D eigenvalue weighted by Gasteiger charge is -1.88. The van der Waals surface area contributed by atoms with Crippen molar-refractivity contribution in [3.05, 3.63) is 34.9 Å². The van der Waals surface area contributed by atoms with Gasteiger partial charge in [0.05, 0.1) is 0 Å². The number of hydrogen-bond acceptors (Lipinski definition) is 4. The number of nitrogens with one attached hydrogen (secondary N) is 2. The van der Waals surface area contributed by atoms with E-state index in [4.69, 9.17) is 32.0 Å². The highest BCUT2D eigenvalue weighted by Crippen LogP contribution is 2.08. The molecule has 0 heterocycles. The Morgan fingerprint density at radius 1 is 1.21 bits per heavy atom. The molecule has 74 valence electrons. The van der Waals surface area contributed by atoms with Crippen LogP contribution in [0.4, 0.5) is 0 Å². The lowest BCUT2D eigenvalue weighted by atomic mass is 10.2. The summed E-state index contributed by atoms with van der Waals surface area (Å²) in [6, 6.07) is 7.76. The Kier molecular flexibility index (Phi) is 11.9. The maximum atomic E-state index is 8.35. The first-order valence-electron chi connectivity index (χ1n) is 3.42. The normalized spacial score (nSPS) is 6.43. The topological polar surface area (TPSA) is 81.8 Å². The molecule has 0 aliphatic heterocycles. The Hall–Kier alpha value is -1.73. The largest absolute Gasteiger partial charge is 0.231 e. The first-order chi connectivity index (χ1) is 6.62. The monoisotopic (exact) mass is 212 g/mol. The molecule has 1 aromatic carbocycles. The third kappa shape index (κ3) is 12.9. The second-order valence-electron chi connectivity index (χ2n) is 2.00. The lowest BCUT2D eigenvalue weighted by molar-refractivity contribution is 0.562. The van der Waals surface area contributed by atoms with Crippen molar-refractivity contribution < 1.29 is 9.59 Å². The van der Waals surface area contributed by atoms with Gasteiger partial charge in [-0.1, -0.05) is 23.7 Å². The van der Waals surface area contributed by atoms with E-state index >= 15 is 0 Å². The molecule has 0 saturated carbocycles. The maximum absolute atomic E-state index is 8.35. The van der Waals surface area contributed by atoms with E-state index < -0.39 is 0 Å². The summed E-state index contributed by atoms with van der Waals surface area (Å²) >= 11 is 5.64. The number of hydrogen-bond donors (Lipinski definition) is 2. The molecule has 5 heteroatoms. The van der Waals surface area contributed by atoms with Gasteiger partial charge in [-0.25, -0.2) is 20.4 Å². The molecule has 4 nitrogen and oxygen atoms in total. The van der Waals surface area contributed by atoms with E-state index in [0.29, 0.717) is 0 Å². The Balaban J connectivity index is 0. The van der Waals surface area contributed by atoms with Crippen LogP contribution in [-0.4, -0.2) is 12.2 Å². The van der Waals surface area contributed by atoms with Gasteiger partial charge >= 0.3 is 0 Å². The van der Waals surface area contributed by atoms with Crippen LogP contribution in [0.25, 0.3) is 0 Å². The summed E-state index contributed by atoms with van der Waals surface area (Å²) in [7, 11) is 0. The van der Waals surface area contributed by atoms with Crippen molar-refractivity contribution in [1.29, 1.82) is 10.8 Å². The summed E-state index contributed by atoms with van der Waals surface area (Å²) in [4.78, 5) is 16.7. The van der Waals surface area contributed by atoms with E-state index in [1.165, 1.54) is 5.56 Å². The van der Waals surface area contributed by atoms with Gasteiger partial charge in [-0.05, 0) is 24.6 Å². The highest BCUT2D eigenvalue weighted by atomic mass is 35.5. The lowest BCUT2D eigenvalue weighted by Crippen LogP contribution is -1.66. The van der Waals surface area contributed by atoms with Crippen LogP contribution in [0.2, 0.25) is 5.02 Å². The van der Waals surface area contributed by atoms with Gasteiger partial charge in [0.2, 0.25) is 12.2 Å². The quantitative estimate of drug-likeness (QED) is 0.512. The van der Waals surface area contributed by atoms with E-state index in [0.717, 1.165) is 17.2 Å². The number of rotatable bonds is 0. The average molecular weight is 213 g/mol. The van der Waals surface area contributed by atoms with Gasteiger partial charge in [0, 0.05) is 5.02 Å². The Labute approximate surface area is 86.5 Å². The molecule has 1 rings (SSSR count).